The molecular formula is C44H29NO. The van der Waals surface area contributed by atoms with Gasteiger partial charge in [-0.2, -0.15) is 0 Å². The quantitative estimate of drug-likeness (QED) is 0.199. The van der Waals surface area contributed by atoms with Crippen molar-refractivity contribution in [3.63, 3.8) is 0 Å². The van der Waals surface area contributed by atoms with E-state index in [0.29, 0.717) is 0 Å². The zero-order valence-corrected chi connectivity index (χ0v) is 25.1. The number of anilines is 3. The van der Waals surface area contributed by atoms with E-state index in [9.17, 15) is 0 Å². The third-order valence-corrected chi connectivity index (χ3v) is 9.04. The van der Waals surface area contributed by atoms with Crippen molar-refractivity contribution in [2.45, 2.75) is 0 Å². The van der Waals surface area contributed by atoms with E-state index >= 15 is 0 Å². The number of benzene rings is 8. The van der Waals surface area contributed by atoms with Gasteiger partial charge in [0.1, 0.15) is 11.2 Å². The highest BCUT2D eigenvalue weighted by Crippen LogP contribution is 2.45. The summed E-state index contributed by atoms with van der Waals surface area (Å²) in [6.07, 6.45) is 0. The molecule has 0 N–H and O–H groups in total. The molecule has 9 aromatic rings. The van der Waals surface area contributed by atoms with Crippen LogP contribution in [0.2, 0.25) is 0 Å². The molecule has 1 aromatic heterocycles. The Kier molecular flexibility index (Phi) is 6.17. The van der Waals surface area contributed by atoms with Crippen LogP contribution >= 0.6 is 0 Å². The summed E-state index contributed by atoms with van der Waals surface area (Å²) in [7, 11) is 0. The molecule has 0 radical (unpaired) electrons. The van der Waals surface area contributed by atoms with Gasteiger partial charge in [-0.25, -0.2) is 0 Å². The maximum Gasteiger partial charge on any atom is 0.143 e. The lowest BCUT2D eigenvalue weighted by Crippen LogP contribution is -2.11. The highest BCUT2D eigenvalue weighted by Gasteiger charge is 2.21. The van der Waals surface area contributed by atoms with E-state index in [0.717, 1.165) is 55.5 Å². The highest BCUT2D eigenvalue weighted by atomic mass is 16.3. The van der Waals surface area contributed by atoms with Gasteiger partial charge in [-0.1, -0.05) is 140 Å². The molecule has 8 aromatic carbocycles. The minimum Gasteiger partial charge on any atom is -0.455 e. The molecule has 216 valence electrons. The van der Waals surface area contributed by atoms with Crippen molar-refractivity contribution in [1.82, 2.24) is 0 Å². The molecule has 0 bridgehead atoms. The summed E-state index contributed by atoms with van der Waals surface area (Å²) in [6, 6.07) is 62.6. The molecule has 0 spiro atoms. The van der Waals surface area contributed by atoms with E-state index in [1.807, 2.05) is 0 Å². The summed E-state index contributed by atoms with van der Waals surface area (Å²) < 4.78 is 6.80. The van der Waals surface area contributed by atoms with Gasteiger partial charge in [-0.15, -0.1) is 0 Å². The summed E-state index contributed by atoms with van der Waals surface area (Å²) in [5.41, 5.74) is 9.68. The number of fused-ring (bicyclic) bond motifs is 6. The summed E-state index contributed by atoms with van der Waals surface area (Å²) in [5.74, 6) is 0. The average Bonchev–Trinajstić information content (AvgIpc) is 3.52. The van der Waals surface area contributed by atoms with Crippen LogP contribution in [0.1, 0.15) is 0 Å². The van der Waals surface area contributed by atoms with Crippen molar-refractivity contribution in [3.8, 4) is 22.3 Å². The molecule has 0 atom stereocenters. The first-order valence-electron chi connectivity index (χ1n) is 15.7. The van der Waals surface area contributed by atoms with Gasteiger partial charge in [0.2, 0.25) is 0 Å². The van der Waals surface area contributed by atoms with Crippen molar-refractivity contribution >= 4 is 60.5 Å². The Morgan fingerprint density at radius 2 is 0.935 bits per heavy atom. The Hall–Kier alpha value is -6.12. The standard InChI is InChI=1S/C44H29NO/c1-2-17-33(18-3-1)45(34-19-10-16-32(29-34)36-23-11-15-30-13-4-6-20-35(30)36)42-26-9-8-22-38(42)39-24-12-25-40-41-28-27-31-14-5-7-21-37(31)43(41)46-44(39)40/h1-29H. The molecule has 46 heavy (non-hydrogen) atoms. The minimum absolute atomic E-state index is 0.902. The topological polar surface area (TPSA) is 16.4 Å². The van der Waals surface area contributed by atoms with Gasteiger partial charge in [0, 0.05) is 38.7 Å². The van der Waals surface area contributed by atoms with E-state index in [4.69, 9.17) is 4.42 Å². The maximum absolute atomic E-state index is 6.80. The van der Waals surface area contributed by atoms with Crippen LogP contribution in [0.5, 0.6) is 0 Å². The Morgan fingerprint density at radius 3 is 1.83 bits per heavy atom. The fraction of sp³-hybridized carbons (Fsp3) is 0. The first-order chi connectivity index (χ1) is 22.8. The largest absolute Gasteiger partial charge is 0.455 e. The first kappa shape index (κ1) is 26.3. The predicted octanol–water partition coefficient (Wildman–Crippen LogP) is 12.7. The number of hydrogen-bond acceptors (Lipinski definition) is 2. The van der Waals surface area contributed by atoms with Gasteiger partial charge in [-0.3, -0.25) is 0 Å². The third kappa shape index (κ3) is 4.27. The van der Waals surface area contributed by atoms with Gasteiger partial charge in [0.05, 0.1) is 5.69 Å². The van der Waals surface area contributed by atoms with Crippen molar-refractivity contribution in [2.75, 3.05) is 4.90 Å². The number of rotatable bonds is 5. The maximum atomic E-state index is 6.80. The fourth-order valence-corrected chi connectivity index (χ4v) is 6.93. The molecule has 0 saturated heterocycles. The van der Waals surface area contributed by atoms with E-state index in [1.165, 1.54) is 27.3 Å². The average molecular weight is 588 g/mol. The van der Waals surface area contributed by atoms with E-state index in [-0.39, 0.29) is 0 Å². The molecule has 0 fully saturated rings. The Balaban J connectivity index is 1.27. The van der Waals surface area contributed by atoms with Gasteiger partial charge >= 0.3 is 0 Å². The molecule has 1 heterocycles. The van der Waals surface area contributed by atoms with Crippen molar-refractivity contribution in [3.05, 3.63) is 176 Å². The van der Waals surface area contributed by atoms with Crippen LogP contribution in [-0.2, 0) is 0 Å². The van der Waals surface area contributed by atoms with Crippen LogP contribution in [0.25, 0.3) is 65.7 Å². The molecule has 2 nitrogen and oxygen atoms in total. The lowest BCUT2D eigenvalue weighted by molar-refractivity contribution is 0.674. The summed E-state index contributed by atoms with van der Waals surface area (Å²) in [4.78, 5) is 2.36. The van der Waals surface area contributed by atoms with E-state index < -0.39 is 0 Å². The van der Waals surface area contributed by atoms with Gasteiger partial charge in [-0.05, 0) is 63.7 Å². The second-order valence-electron chi connectivity index (χ2n) is 11.7. The molecule has 0 aliphatic heterocycles. The monoisotopic (exact) mass is 587 g/mol. The molecule has 2 heteroatoms. The van der Waals surface area contributed by atoms with Crippen LogP contribution in [0.4, 0.5) is 17.1 Å². The summed E-state index contributed by atoms with van der Waals surface area (Å²) in [6.45, 7) is 0. The molecule has 0 saturated carbocycles. The third-order valence-electron chi connectivity index (χ3n) is 9.04. The second-order valence-corrected chi connectivity index (χ2v) is 11.7. The minimum atomic E-state index is 0.902. The van der Waals surface area contributed by atoms with Crippen molar-refractivity contribution < 1.29 is 4.42 Å². The van der Waals surface area contributed by atoms with E-state index in [2.05, 4.69) is 181 Å². The second kappa shape index (κ2) is 10.8. The summed E-state index contributed by atoms with van der Waals surface area (Å²) >= 11 is 0. The van der Waals surface area contributed by atoms with Crippen LogP contribution in [0, 0.1) is 0 Å². The summed E-state index contributed by atoms with van der Waals surface area (Å²) in [5, 5.41) is 7.05. The predicted molar refractivity (Wildman–Crippen MR) is 194 cm³/mol. The molecule has 0 aliphatic carbocycles. The lowest BCUT2D eigenvalue weighted by Gasteiger charge is -2.28. The van der Waals surface area contributed by atoms with Crippen LogP contribution < -0.4 is 4.90 Å². The van der Waals surface area contributed by atoms with Gasteiger partial charge in [0.15, 0.2) is 0 Å². The fourth-order valence-electron chi connectivity index (χ4n) is 6.93. The Morgan fingerprint density at radius 1 is 0.348 bits per heavy atom. The van der Waals surface area contributed by atoms with Crippen LogP contribution in [0.15, 0.2) is 180 Å². The highest BCUT2D eigenvalue weighted by molar-refractivity contribution is 6.17. The van der Waals surface area contributed by atoms with E-state index in [1.54, 1.807) is 0 Å². The SMILES string of the molecule is c1ccc(N(c2cccc(-c3cccc4ccccc34)c2)c2ccccc2-c2cccc3c2oc2c4ccccc4ccc32)cc1. The number of hydrogen-bond donors (Lipinski definition) is 0. The smallest absolute Gasteiger partial charge is 0.143 e. The molecule has 0 aliphatic rings. The van der Waals surface area contributed by atoms with Crippen molar-refractivity contribution in [2.24, 2.45) is 0 Å². The van der Waals surface area contributed by atoms with Crippen LogP contribution in [-0.4, -0.2) is 0 Å². The molecule has 0 unspecified atom stereocenters. The van der Waals surface area contributed by atoms with Gasteiger partial charge < -0.3 is 9.32 Å². The molecular weight excluding hydrogens is 558 g/mol. The molecule has 9 rings (SSSR count). The number of para-hydroxylation sites is 3. The van der Waals surface area contributed by atoms with Crippen LogP contribution in [0.3, 0.4) is 0 Å². The lowest BCUT2D eigenvalue weighted by atomic mass is 9.97. The Bertz CT molecular complexity index is 2540. The zero-order valence-electron chi connectivity index (χ0n) is 25.1. The number of furan rings is 1. The normalized spacial score (nSPS) is 11.5. The number of nitrogens with zero attached hydrogens (tertiary/aromatic N) is 1. The Labute approximate surface area is 267 Å². The molecule has 0 amide bonds. The van der Waals surface area contributed by atoms with Gasteiger partial charge in [0.25, 0.3) is 0 Å². The zero-order chi connectivity index (χ0) is 30.5. The first-order valence-corrected chi connectivity index (χ1v) is 15.7. The van der Waals surface area contributed by atoms with Crippen molar-refractivity contribution in [1.29, 1.82) is 0 Å².